The maximum atomic E-state index is 11.1. The fraction of sp³-hybridized carbons (Fsp3) is 0.375. The van der Waals surface area contributed by atoms with Crippen LogP contribution < -0.4 is 5.56 Å². The summed E-state index contributed by atoms with van der Waals surface area (Å²) < 4.78 is 1.52. The number of aliphatic hydroxyl groups is 1. The normalized spacial score (nSPS) is 11.0. The van der Waals surface area contributed by atoms with Crippen LogP contribution >= 0.6 is 11.3 Å². The number of aliphatic hydroxyl groups excluding tert-OH is 1. The summed E-state index contributed by atoms with van der Waals surface area (Å²) in [5.41, 5.74) is 0.149. The lowest BCUT2D eigenvalue weighted by atomic mass is 10.4. The Morgan fingerprint density at radius 1 is 1.64 bits per heavy atom. The Labute approximate surface area is 83.7 Å². The van der Waals surface area contributed by atoms with Crippen molar-refractivity contribution in [1.82, 2.24) is 14.6 Å². The van der Waals surface area contributed by atoms with Crippen LogP contribution in [0.15, 0.2) is 10.9 Å². The van der Waals surface area contributed by atoms with Gasteiger partial charge in [0.25, 0.3) is 5.56 Å². The monoisotopic (exact) mass is 211 g/mol. The van der Waals surface area contributed by atoms with Gasteiger partial charge < -0.3 is 5.11 Å². The van der Waals surface area contributed by atoms with Crippen LogP contribution in [-0.4, -0.2) is 19.7 Å². The number of hydrogen-bond acceptors (Lipinski definition) is 5. The topological polar surface area (TPSA) is 67.5 Å². The zero-order valence-corrected chi connectivity index (χ0v) is 8.41. The highest BCUT2D eigenvalue weighted by Gasteiger charge is 2.07. The molecule has 5 nitrogen and oxygen atoms in total. The summed E-state index contributed by atoms with van der Waals surface area (Å²) in [5, 5.41) is 14.1. The van der Waals surface area contributed by atoms with E-state index in [2.05, 4.69) is 10.1 Å². The van der Waals surface area contributed by atoms with Gasteiger partial charge in [0, 0.05) is 6.07 Å². The smallest absolute Gasteiger partial charge is 0.274 e. The van der Waals surface area contributed by atoms with Crippen LogP contribution in [0.2, 0.25) is 0 Å². The van der Waals surface area contributed by atoms with Crippen LogP contribution in [0.4, 0.5) is 0 Å². The van der Waals surface area contributed by atoms with Crippen molar-refractivity contribution in [3.63, 3.8) is 0 Å². The number of aromatic nitrogens is 3. The highest BCUT2D eigenvalue weighted by molar-refractivity contribution is 7.16. The molecule has 0 fully saturated rings. The first-order chi connectivity index (χ1) is 6.74. The number of rotatable bonds is 2. The van der Waals surface area contributed by atoms with E-state index in [1.54, 1.807) is 0 Å². The van der Waals surface area contributed by atoms with Crippen molar-refractivity contribution in [2.24, 2.45) is 0 Å². The van der Waals surface area contributed by atoms with Gasteiger partial charge in [-0.1, -0.05) is 18.3 Å². The summed E-state index contributed by atoms with van der Waals surface area (Å²) in [7, 11) is 0. The summed E-state index contributed by atoms with van der Waals surface area (Å²) in [6.07, 6.45) is 0.799. The van der Waals surface area contributed by atoms with Crippen LogP contribution in [0.5, 0.6) is 0 Å². The molecule has 0 amide bonds. The molecule has 6 heteroatoms. The quantitative estimate of drug-likeness (QED) is 0.770. The van der Waals surface area contributed by atoms with E-state index >= 15 is 0 Å². The Balaban J connectivity index is 2.78. The number of nitrogens with zero attached hydrogens (tertiary/aromatic N) is 3. The molecule has 1 N–H and O–H groups in total. The summed E-state index contributed by atoms with van der Waals surface area (Å²) in [5.74, 6) is 0. The number of aryl methyl sites for hydroxylation is 1. The van der Waals surface area contributed by atoms with Gasteiger partial charge in [-0.3, -0.25) is 4.79 Å². The van der Waals surface area contributed by atoms with E-state index in [0.29, 0.717) is 10.7 Å². The Kier molecular flexibility index (Phi) is 2.30. The molecule has 2 aromatic rings. The molecular formula is C8H9N3O2S. The molecule has 0 saturated heterocycles. The van der Waals surface area contributed by atoms with Gasteiger partial charge >= 0.3 is 0 Å². The third-order valence-corrected chi connectivity index (χ3v) is 2.89. The lowest BCUT2D eigenvalue weighted by molar-refractivity contribution is 0.273. The summed E-state index contributed by atoms with van der Waals surface area (Å²) in [6, 6.07) is 1.30. The Morgan fingerprint density at radius 2 is 2.43 bits per heavy atom. The van der Waals surface area contributed by atoms with Crippen molar-refractivity contribution >= 4 is 16.3 Å². The first kappa shape index (κ1) is 9.29. The third-order valence-electron chi connectivity index (χ3n) is 1.83. The van der Waals surface area contributed by atoms with Crippen molar-refractivity contribution in [3.8, 4) is 0 Å². The lowest BCUT2D eigenvalue weighted by Gasteiger charge is -1.96. The van der Waals surface area contributed by atoms with Crippen molar-refractivity contribution in [2.75, 3.05) is 0 Å². The lowest BCUT2D eigenvalue weighted by Crippen LogP contribution is -2.11. The largest absolute Gasteiger partial charge is 0.390 e. The van der Waals surface area contributed by atoms with E-state index < -0.39 is 0 Å². The third kappa shape index (κ3) is 1.42. The summed E-state index contributed by atoms with van der Waals surface area (Å²) in [6.45, 7) is 1.78. The first-order valence-corrected chi connectivity index (χ1v) is 5.05. The molecule has 2 rings (SSSR count). The second kappa shape index (κ2) is 3.47. The molecule has 0 unspecified atom stereocenters. The van der Waals surface area contributed by atoms with Gasteiger partial charge in [-0.15, -0.1) is 0 Å². The predicted molar refractivity (Wildman–Crippen MR) is 52.4 cm³/mol. The van der Waals surface area contributed by atoms with Crippen LogP contribution in [0, 0.1) is 0 Å². The molecule has 0 aliphatic carbocycles. The average Bonchev–Trinajstić information content (AvgIpc) is 2.59. The molecule has 74 valence electrons. The molecule has 2 heterocycles. The van der Waals surface area contributed by atoms with Crippen molar-refractivity contribution in [1.29, 1.82) is 0 Å². The minimum Gasteiger partial charge on any atom is -0.390 e. The van der Waals surface area contributed by atoms with Gasteiger partial charge in [0.1, 0.15) is 5.01 Å². The maximum absolute atomic E-state index is 11.1. The zero-order valence-electron chi connectivity index (χ0n) is 7.60. The summed E-state index contributed by atoms with van der Waals surface area (Å²) in [4.78, 5) is 15.4. The maximum Gasteiger partial charge on any atom is 0.274 e. The second-order valence-corrected chi connectivity index (χ2v) is 3.83. The molecule has 0 aromatic carbocycles. The zero-order chi connectivity index (χ0) is 10.1. The van der Waals surface area contributed by atoms with Crippen molar-refractivity contribution in [3.05, 3.63) is 27.1 Å². The van der Waals surface area contributed by atoms with E-state index in [-0.39, 0.29) is 12.2 Å². The Hall–Kier alpha value is -1.27. The fourth-order valence-electron chi connectivity index (χ4n) is 1.17. The first-order valence-electron chi connectivity index (χ1n) is 4.24. The van der Waals surface area contributed by atoms with E-state index in [1.807, 2.05) is 6.92 Å². The predicted octanol–water partition coefficient (Wildman–Crippen LogP) is 0.206. The van der Waals surface area contributed by atoms with Crippen LogP contribution in [0.1, 0.15) is 17.6 Å². The van der Waals surface area contributed by atoms with Crippen LogP contribution in [0.25, 0.3) is 4.96 Å². The summed E-state index contributed by atoms with van der Waals surface area (Å²) >= 11 is 1.37. The van der Waals surface area contributed by atoms with Crippen LogP contribution in [0.3, 0.4) is 0 Å². The Bertz CT molecular complexity index is 517. The molecule has 0 aliphatic heterocycles. The molecule has 0 atom stereocenters. The molecule has 0 aliphatic rings. The minimum atomic E-state index is -0.333. The molecule has 0 bridgehead atoms. The Morgan fingerprint density at radius 3 is 3.07 bits per heavy atom. The molecule has 0 saturated carbocycles. The van der Waals surface area contributed by atoms with Gasteiger partial charge in [0.2, 0.25) is 4.96 Å². The molecule has 14 heavy (non-hydrogen) atoms. The molecular weight excluding hydrogens is 202 g/mol. The minimum absolute atomic E-state index is 0.203. The van der Waals surface area contributed by atoms with Gasteiger partial charge in [0.15, 0.2) is 0 Å². The van der Waals surface area contributed by atoms with Crippen LogP contribution in [-0.2, 0) is 13.0 Å². The average molecular weight is 211 g/mol. The number of fused-ring (bicyclic) bond motifs is 1. The van der Waals surface area contributed by atoms with Gasteiger partial charge in [0.05, 0.1) is 12.3 Å². The van der Waals surface area contributed by atoms with E-state index in [9.17, 15) is 4.79 Å². The van der Waals surface area contributed by atoms with Gasteiger partial charge in [-0.25, -0.2) is 4.52 Å². The highest BCUT2D eigenvalue weighted by atomic mass is 32.1. The highest BCUT2D eigenvalue weighted by Crippen LogP contribution is 2.13. The standard InChI is InChI=1S/C8H9N3O2S/c1-2-7-10-11-5(4-12)3-6(13)9-8(11)14-7/h3,12H,2,4H2,1H3. The van der Waals surface area contributed by atoms with E-state index in [0.717, 1.165) is 11.4 Å². The molecule has 0 radical (unpaired) electrons. The molecule has 2 aromatic heterocycles. The SMILES string of the molecule is CCc1nn2c(CO)cc(=O)nc2s1. The van der Waals surface area contributed by atoms with Crippen molar-refractivity contribution in [2.45, 2.75) is 20.0 Å². The fourth-order valence-corrected chi connectivity index (χ4v) is 2.02. The van der Waals surface area contributed by atoms with Gasteiger partial charge in [-0.05, 0) is 6.42 Å². The van der Waals surface area contributed by atoms with E-state index in [4.69, 9.17) is 5.11 Å². The molecule has 0 spiro atoms. The number of hydrogen-bond donors (Lipinski definition) is 1. The van der Waals surface area contributed by atoms with Crippen molar-refractivity contribution < 1.29 is 5.11 Å². The van der Waals surface area contributed by atoms with Gasteiger partial charge in [-0.2, -0.15) is 10.1 Å². The second-order valence-electron chi connectivity index (χ2n) is 2.79. The van der Waals surface area contributed by atoms with E-state index in [1.165, 1.54) is 21.9 Å².